The Morgan fingerprint density at radius 1 is 1.00 bits per heavy atom. The quantitative estimate of drug-likeness (QED) is 0.509. The molecule has 0 aromatic heterocycles. The van der Waals surface area contributed by atoms with Gasteiger partial charge in [0, 0.05) is 22.3 Å². The molecule has 0 radical (unpaired) electrons. The average molecular weight is 325 g/mol. The molecule has 0 aliphatic heterocycles. The van der Waals surface area contributed by atoms with Crippen LogP contribution in [-0.2, 0) is 20.4 Å². The summed E-state index contributed by atoms with van der Waals surface area (Å²) < 4.78 is 26.9. The van der Waals surface area contributed by atoms with Gasteiger partial charge in [-0.1, -0.05) is 36.6 Å². The summed E-state index contributed by atoms with van der Waals surface area (Å²) in [6.45, 7) is 1.25. The molecule has 108 valence electrons. The predicted octanol–water partition coefficient (Wildman–Crippen LogP) is 3.99. The molecule has 0 N–H and O–H groups in total. The highest BCUT2D eigenvalue weighted by Crippen LogP contribution is 2.11. The molecular formula is C13H18Cl2O3S. The van der Waals surface area contributed by atoms with Crippen LogP contribution in [0.4, 0.5) is 0 Å². The maximum atomic E-state index is 10.7. The topological polar surface area (TPSA) is 43.4 Å². The molecule has 0 aliphatic carbocycles. The van der Waals surface area contributed by atoms with Crippen LogP contribution in [0.15, 0.2) is 24.3 Å². The van der Waals surface area contributed by atoms with Gasteiger partial charge in [0.15, 0.2) is 0 Å². The highest BCUT2D eigenvalue weighted by atomic mass is 35.7. The van der Waals surface area contributed by atoms with E-state index in [1.54, 1.807) is 0 Å². The lowest BCUT2D eigenvalue weighted by molar-refractivity contribution is 0.117. The van der Waals surface area contributed by atoms with E-state index in [-0.39, 0.29) is 5.75 Å². The van der Waals surface area contributed by atoms with Crippen molar-refractivity contribution in [1.82, 2.24) is 0 Å². The Labute approximate surface area is 124 Å². The molecule has 0 unspecified atom stereocenters. The van der Waals surface area contributed by atoms with E-state index in [9.17, 15) is 8.42 Å². The van der Waals surface area contributed by atoms with Crippen LogP contribution >= 0.6 is 22.3 Å². The van der Waals surface area contributed by atoms with Crippen LogP contribution in [0.3, 0.4) is 0 Å². The van der Waals surface area contributed by atoms with Gasteiger partial charge < -0.3 is 4.74 Å². The monoisotopic (exact) mass is 324 g/mol. The minimum atomic E-state index is -3.33. The minimum Gasteiger partial charge on any atom is -0.377 e. The molecule has 19 heavy (non-hydrogen) atoms. The van der Waals surface area contributed by atoms with Crippen molar-refractivity contribution in [3.63, 3.8) is 0 Å². The summed E-state index contributed by atoms with van der Waals surface area (Å²) in [7, 11) is 1.78. The summed E-state index contributed by atoms with van der Waals surface area (Å²) in [4.78, 5) is 0. The van der Waals surface area contributed by atoms with Crippen LogP contribution in [0.1, 0.15) is 31.2 Å². The number of unbranched alkanes of at least 4 members (excludes halogenated alkanes) is 3. The van der Waals surface area contributed by atoms with Gasteiger partial charge in [-0.3, -0.25) is 0 Å². The van der Waals surface area contributed by atoms with Crippen molar-refractivity contribution in [2.24, 2.45) is 0 Å². The van der Waals surface area contributed by atoms with Crippen molar-refractivity contribution < 1.29 is 13.2 Å². The highest BCUT2D eigenvalue weighted by molar-refractivity contribution is 8.13. The van der Waals surface area contributed by atoms with Gasteiger partial charge in [0.2, 0.25) is 9.05 Å². The Morgan fingerprint density at radius 3 is 2.26 bits per heavy atom. The summed E-state index contributed by atoms with van der Waals surface area (Å²) in [5.74, 6) is 0.0557. The Bertz CT molecular complexity index is 457. The molecule has 6 heteroatoms. The van der Waals surface area contributed by atoms with Gasteiger partial charge in [-0.25, -0.2) is 8.42 Å². The molecule has 1 aromatic rings. The zero-order valence-electron chi connectivity index (χ0n) is 10.6. The zero-order chi connectivity index (χ0) is 14.1. The van der Waals surface area contributed by atoms with Crippen molar-refractivity contribution >= 4 is 31.3 Å². The fourth-order valence-corrected chi connectivity index (χ4v) is 2.61. The standard InChI is InChI=1S/C13H18Cl2O3S/c14-13-7-5-12(6-8-13)11-18-9-3-1-2-4-10-19(15,16)17/h5-8H,1-4,9-11H2. The molecule has 1 rings (SSSR count). The Morgan fingerprint density at radius 2 is 1.63 bits per heavy atom. The molecule has 0 fully saturated rings. The van der Waals surface area contributed by atoms with Gasteiger partial charge >= 0.3 is 0 Å². The van der Waals surface area contributed by atoms with Crippen LogP contribution in [0, 0.1) is 0 Å². The van der Waals surface area contributed by atoms with E-state index in [4.69, 9.17) is 27.0 Å². The molecular weight excluding hydrogens is 307 g/mol. The first-order valence-electron chi connectivity index (χ1n) is 6.22. The maximum Gasteiger partial charge on any atom is 0.232 e. The van der Waals surface area contributed by atoms with Crippen molar-refractivity contribution in [2.75, 3.05) is 12.4 Å². The van der Waals surface area contributed by atoms with Gasteiger partial charge in [-0.2, -0.15) is 0 Å². The van der Waals surface area contributed by atoms with Crippen LogP contribution < -0.4 is 0 Å². The van der Waals surface area contributed by atoms with Crippen molar-refractivity contribution in [1.29, 1.82) is 0 Å². The van der Waals surface area contributed by atoms with Gasteiger partial charge in [0.25, 0.3) is 0 Å². The summed E-state index contributed by atoms with van der Waals surface area (Å²) in [6.07, 6.45) is 3.35. The minimum absolute atomic E-state index is 0.0557. The summed E-state index contributed by atoms with van der Waals surface area (Å²) in [5, 5.41) is 0.720. The SMILES string of the molecule is O=S(=O)(Cl)CCCCCCOCc1ccc(Cl)cc1. The number of halogens is 2. The fourth-order valence-electron chi connectivity index (χ4n) is 1.60. The van der Waals surface area contributed by atoms with Crippen molar-refractivity contribution in [3.05, 3.63) is 34.9 Å². The molecule has 0 aliphatic rings. The van der Waals surface area contributed by atoms with Gasteiger partial charge in [-0.15, -0.1) is 0 Å². The van der Waals surface area contributed by atoms with Crippen molar-refractivity contribution in [3.8, 4) is 0 Å². The average Bonchev–Trinajstić information content (AvgIpc) is 2.33. The third kappa shape index (κ3) is 9.27. The molecule has 0 spiro atoms. The second-order valence-corrected chi connectivity index (χ2v) is 7.67. The number of rotatable bonds is 9. The summed E-state index contributed by atoms with van der Waals surface area (Å²) in [5.41, 5.74) is 1.10. The van der Waals surface area contributed by atoms with E-state index in [2.05, 4.69) is 0 Å². The van der Waals surface area contributed by atoms with Gasteiger partial charge in [0.05, 0.1) is 12.4 Å². The summed E-state index contributed by atoms with van der Waals surface area (Å²) in [6, 6.07) is 7.56. The van der Waals surface area contributed by atoms with E-state index in [1.807, 2.05) is 24.3 Å². The van der Waals surface area contributed by atoms with Crippen LogP contribution in [0.2, 0.25) is 5.02 Å². The lowest BCUT2D eigenvalue weighted by Gasteiger charge is -2.04. The number of benzene rings is 1. The number of hydrogen-bond acceptors (Lipinski definition) is 3. The summed E-state index contributed by atoms with van der Waals surface area (Å²) >= 11 is 5.78. The fraction of sp³-hybridized carbons (Fsp3) is 0.538. The van der Waals surface area contributed by atoms with Gasteiger partial charge in [-0.05, 0) is 30.5 Å². The molecule has 0 amide bonds. The number of hydrogen-bond donors (Lipinski definition) is 0. The van der Waals surface area contributed by atoms with Gasteiger partial charge in [0.1, 0.15) is 0 Å². The first-order chi connectivity index (χ1) is 8.97. The van der Waals surface area contributed by atoms with E-state index in [1.165, 1.54) is 0 Å². The third-order valence-electron chi connectivity index (χ3n) is 2.61. The second kappa shape index (κ2) is 8.80. The number of ether oxygens (including phenoxy) is 1. The van der Waals surface area contributed by atoms with E-state index >= 15 is 0 Å². The Balaban J connectivity index is 1.98. The molecule has 0 atom stereocenters. The lowest BCUT2D eigenvalue weighted by atomic mass is 10.2. The molecule has 1 aromatic carbocycles. The van der Waals surface area contributed by atoms with E-state index in [0.29, 0.717) is 19.6 Å². The molecule has 0 saturated heterocycles. The normalized spacial score (nSPS) is 11.7. The van der Waals surface area contributed by atoms with E-state index < -0.39 is 9.05 Å². The first-order valence-corrected chi connectivity index (χ1v) is 9.07. The lowest BCUT2D eigenvalue weighted by Crippen LogP contribution is -1.98. The van der Waals surface area contributed by atoms with Crippen LogP contribution in [-0.4, -0.2) is 20.8 Å². The third-order valence-corrected chi connectivity index (χ3v) is 4.10. The first kappa shape index (κ1) is 16.8. The largest absolute Gasteiger partial charge is 0.377 e. The second-order valence-electron chi connectivity index (χ2n) is 4.34. The molecule has 0 heterocycles. The Hall–Kier alpha value is -0.290. The van der Waals surface area contributed by atoms with Crippen LogP contribution in [0.5, 0.6) is 0 Å². The van der Waals surface area contributed by atoms with Crippen molar-refractivity contribution in [2.45, 2.75) is 32.3 Å². The molecule has 0 bridgehead atoms. The predicted molar refractivity (Wildman–Crippen MR) is 79.2 cm³/mol. The highest BCUT2D eigenvalue weighted by Gasteiger charge is 2.03. The maximum absolute atomic E-state index is 10.7. The zero-order valence-corrected chi connectivity index (χ0v) is 13.0. The molecule has 3 nitrogen and oxygen atoms in total. The smallest absolute Gasteiger partial charge is 0.232 e. The molecule has 0 saturated carbocycles. The van der Waals surface area contributed by atoms with Crippen LogP contribution in [0.25, 0.3) is 0 Å². The Kier molecular flexibility index (Phi) is 7.76. The van der Waals surface area contributed by atoms with E-state index in [0.717, 1.165) is 29.8 Å².